The number of rotatable bonds is 7. The van der Waals surface area contributed by atoms with Gasteiger partial charge >= 0.3 is 0 Å². The number of pyridine rings is 1. The number of alkyl halides is 2. The third-order valence-corrected chi connectivity index (χ3v) is 4.95. The highest BCUT2D eigenvalue weighted by atomic mass is 19.3. The van der Waals surface area contributed by atoms with Gasteiger partial charge in [0.05, 0.1) is 17.0 Å². The lowest BCUT2D eigenvalue weighted by molar-refractivity contribution is 0.146. The standard InChI is InChI=1S/C24H22F3N7O/c1-13-10-15(11-18(30-13)21(26)27)19-20(14-4-6-16(25)7-5-14)32-23(28)33-22(19)35-12-17-8-9-29-24(31-17)34(2)3/h4-11,21H,12H2,1-3H3,(H2,28,32,33). The molecule has 4 rings (SSSR count). The van der Waals surface area contributed by atoms with Crippen LogP contribution < -0.4 is 15.4 Å². The molecule has 0 spiro atoms. The summed E-state index contributed by atoms with van der Waals surface area (Å²) in [6.07, 6.45) is -1.19. The predicted octanol–water partition coefficient (Wildman–Crippen LogP) is 4.61. The van der Waals surface area contributed by atoms with Crippen LogP contribution in [-0.2, 0) is 6.61 Å². The Kier molecular flexibility index (Phi) is 6.76. The van der Waals surface area contributed by atoms with Gasteiger partial charge in [0.25, 0.3) is 6.43 Å². The number of nitrogen functional groups attached to an aromatic ring is 1. The Hall–Kier alpha value is -4.28. The molecular formula is C24H22F3N7O. The highest BCUT2D eigenvalue weighted by Gasteiger charge is 2.22. The quantitative estimate of drug-likeness (QED) is 0.408. The summed E-state index contributed by atoms with van der Waals surface area (Å²) in [6, 6.07) is 10.1. The van der Waals surface area contributed by atoms with Crippen molar-refractivity contribution < 1.29 is 17.9 Å². The summed E-state index contributed by atoms with van der Waals surface area (Å²) in [5, 5.41) is 0. The molecular weight excluding hydrogens is 459 g/mol. The molecule has 0 saturated carbocycles. The Balaban J connectivity index is 1.86. The summed E-state index contributed by atoms with van der Waals surface area (Å²) in [6.45, 7) is 1.61. The van der Waals surface area contributed by atoms with Gasteiger partial charge < -0.3 is 15.4 Å². The van der Waals surface area contributed by atoms with Gasteiger partial charge in [-0.2, -0.15) is 4.98 Å². The summed E-state index contributed by atoms with van der Waals surface area (Å²) in [7, 11) is 3.62. The Bertz CT molecular complexity index is 1350. The van der Waals surface area contributed by atoms with Gasteiger partial charge in [-0.1, -0.05) is 0 Å². The number of benzene rings is 1. The highest BCUT2D eigenvalue weighted by Crippen LogP contribution is 2.39. The SMILES string of the molecule is Cc1cc(-c2c(OCc3ccnc(N(C)C)n3)nc(N)nc2-c2ccc(F)cc2)cc(C(F)F)n1. The van der Waals surface area contributed by atoms with Crippen LogP contribution >= 0.6 is 0 Å². The van der Waals surface area contributed by atoms with Gasteiger partial charge in [-0.3, -0.25) is 4.98 Å². The van der Waals surface area contributed by atoms with Gasteiger partial charge in [0.1, 0.15) is 18.1 Å². The van der Waals surface area contributed by atoms with Crippen LogP contribution in [0.5, 0.6) is 5.88 Å². The van der Waals surface area contributed by atoms with Crippen molar-refractivity contribution in [1.29, 1.82) is 0 Å². The van der Waals surface area contributed by atoms with Crippen LogP contribution in [0.3, 0.4) is 0 Å². The van der Waals surface area contributed by atoms with E-state index in [1.54, 1.807) is 30.2 Å². The van der Waals surface area contributed by atoms with E-state index in [1.165, 1.54) is 30.3 Å². The number of halogens is 3. The second-order valence-corrected chi connectivity index (χ2v) is 7.87. The molecule has 3 aromatic heterocycles. The lowest BCUT2D eigenvalue weighted by Crippen LogP contribution is -2.14. The minimum absolute atomic E-state index is 0.00143. The van der Waals surface area contributed by atoms with Gasteiger partial charge in [0, 0.05) is 31.5 Å². The molecule has 0 aliphatic carbocycles. The zero-order valence-corrected chi connectivity index (χ0v) is 19.2. The average Bonchev–Trinajstić information content (AvgIpc) is 2.82. The third kappa shape index (κ3) is 5.45. The first-order valence-electron chi connectivity index (χ1n) is 10.5. The summed E-state index contributed by atoms with van der Waals surface area (Å²) in [5.74, 6) is 0.0214. The van der Waals surface area contributed by atoms with E-state index in [4.69, 9.17) is 10.5 Å². The lowest BCUT2D eigenvalue weighted by Gasteiger charge is -2.17. The Morgan fingerprint density at radius 3 is 2.40 bits per heavy atom. The molecule has 4 aromatic rings. The van der Waals surface area contributed by atoms with Crippen LogP contribution in [0.2, 0.25) is 0 Å². The van der Waals surface area contributed by atoms with E-state index in [1.807, 2.05) is 14.1 Å². The van der Waals surface area contributed by atoms with E-state index in [2.05, 4.69) is 24.9 Å². The maximum Gasteiger partial charge on any atom is 0.280 e. The number of hydrogen-bond acceptors (Lipinski definition) is 8. The number of nitrogens with two attached hydrogens (primary N) is 1. The number of anilines is 2. The molecule has 35 heavy (non-hydrogen) atoms. The molecule has 2 N–H and O–H groups in total. The second kappa shape index (κ2) is 9.92. The molecule has 3 heterocycles. The molecule has 0 bridgehead atoms. The summed E-state index contributed by atoms with van der Waals surface area (Å²) >= 11 is 0. The number of nitrogens with zero attached hydrogens (tertiary/aromatic N) is 6. The number of ether oxygens (including phenoxy) is 1. The van der Waals surface area contributed by atoms with Crippen molar-refractivity contribution >= 4 is 11.9 Å². The van der Waals surface area contributed by atoms with Crippen molar-refractivity contribution in [2.24, 2.45) is 0 Å². The van der Waals surface area contributed by atoms with Crippen LogP contribution in [0, 0.1) is 12.7 Å². The van der Waals surface area contributed by atoms with E-state index >= 15 is 0 Å². The normalized spacial score (nSPS) is 11.1. The number of hydrogen-bond donors (Lipinski definition) is 1. The molecule has 11 heteroatoms. The lowest BCUT2D eigenvalue weighted by atomic mass is 9.99. The molecule has 0 atom stereocenters. The smallest absolute Gasteiger partial charge is 0.280 e. The van der Waals surface area contributed by atoms with Crippen LogP contribution in [0.25, 0.3) is 22.4 Å². The molecule has 0 fully saturated rings. The fourth-order valence-corrected chi connectivity index (χ4v) is 3.41. The molecule has 8 nitrogen and oxygen atoms in total. The highest BCUT2D eigenvalue weighted by molar-refractivity contribution is 5.85. The van der Waals surface area contributed by atoms with Gasteiger partial charge in [-0.05, 0) is 55.0 Å². The topological polar surface area (TPSA) is 103 Å². The van der Waals surface area contributed by atoms with E-state index in [0.29, 0.717) is 39.7 Å². The molecule has 0 aliphatic rings. The van der Waals surface area contributed by atoms with E-state index in [9.17, 15) is 13.2 Å². The molecule has 0 amide bonds. The van der Waals surface area contributed by atoms with Crippen molar-refractivity contribution in [2.45, 2.75) is 20.0 Å². The van der Waals surface area contributed by atoms with Crippen molar-refractivity contribution in [3.8, 4) is 28.3 Å². The van der Waals surface area contributed by atoms with E-state index in [0.717, 1.165) is 0 Å². The van der Waals surface area contributed by atoms with Crippen LogP contribution in [0.15, 0.2) is 48.7 Å². The first-order chi connectivity index (χ1) is 16.7. The first-order valence-corrected chi connectivity index (χ1v) is 10.5. The van der Waals surface area contributed by atoms with Crippen LogP contribution in [0.1, 0.15) is 23.5 Å². The Labute approximate surface area is 199 Å². The largest absolute Gasteiger partial charge is 0.471 e. The molecule has 180 valence electrons. The van der Waals surface area contributed by atoms with Crippen LogP contribution in [-0.4, -0.2) is 39.0 Å². The number of aromatic nitrogens is 5. The maximum atomic E-state index is 13.6. The minimum Gasteiger partial charge on any atom is -0.471 e. The second-order valence-electron chi connectivity index (χ2n) is 7.87. The fraction of sp³-hybridized carbons (Fsp3) is 0.208. The summed E-state index contributed by atoms with van der Waals surface area (Å²) < 4.78 is 46.7. The summed E-state index contributed by atoms with van der Waals surface area (Å²) in [5.41, 5.74) is 7.99. The average molecular weight is 481 g/mol. The van der Waals surface area contributed by atoms with Crippen molar-refractivity contribution in [3.05, 3.63) is 71.6 Å². The molecule has 0 saturated heterocycles. The minimum atomic E-state index is -2.78. The van der Waals surface area contributed by atoms with E-state index < -0.39 is 17.9 Å². The maximum absolute atomic E-state index is 13.6. The zero-order valence-electron chi connectivity index (χ0n) is 19.2. The van der Waals surface area contributed by atoms with Crippen molar-refractivity contribution in [3.63, 3.8) is 0 Å². The molecule has 0 unspecified atom stereocenters. The Morgan fingerprint density at radius 2 is 1.71 bits per heavy atom. The van der Waals surface area contributed by atoms with Gasteiger partial charge in [0.2, 0.25) is 17.8 Å². The molecule has 0 aliphatic heterocycles. The third-order valence-electron chi connectivity index (χ3n) is 4.95. The van der Waals surface area contributed by atoms with Gasteiger partial charge in [0.15, 0.2) is 0 Å². The van der Waals surface area contributed by atoms with Crippen molar-refractivity contribution in [1.82, 2.24) is 24.9 Å². The van der Waals surface area contributed by atoms with E-state index in [-0.39, 0.29) is 18.4 Å². The zero-order chi connectivity index (χ0) is 25.1. The van der Waals surface area contributed by atoms with Gasteiger partial charge in [-0.15, -0.1) is 0 Å². The fourth-order valence-electron chi connectivity index (χ4n) is 3.41. The van der Waals surface area contributed by atoms with Crippen molar-refractivity contribution in [2.75, 3.05) is 24.7 Å². The first kappa shape index (κ1) is 23.9. The predicted molar refractivity (Wildman–Crippen MR) is 125 cm³/mol. The monoisotopic (exact) mass is 481 g/mol. The molecule has 0 radical (unpaired) electrons. The summed E-state index contributed by atoms with van der Waals surface area (Å²) in [4.78, 5) is 22.8. The van der Waals surface area contributed by atoms with Gasteiger partial charge in [-0.25, -0.2) is 28.1 Å². The number of aryl methyl sites for hydroxylation is 1. The van der Waals surface area contributed by atoms with Crippen LogP contribution in [0.4, 0.5) is 25.1 Å². The molecule has 1 aromatic carbocycles. The Morgan fingerprint density at radius 1 is 0.971 bits per heavy atom.